The summed E-state index contributed by atoms with van der Waals surface area (Å²) in [5.41, 5.74) is 16.7. The van der Waals surface area contributed by atoms with Crippen LogP contribution in [0.2, 0.25) is 0 Å². The summed E-state index contributed by atoms with van der Waals surface area (Å²) in [7, 11) is 2.16. The van der Waals surface area contributed by atoms with Crippen molar-refractivity contribution < 1.29 is 0 Å². The van der Waals surface area contributed by atoms with Gasteiger partial charge >= 0.3 is 0 Å². The Hall–Kier alpha value is -5.71. The van der Waals surface area contributed by atoms with Gasteiger partial charge in [0.25, 0.3) is 0 Å². The molecule has 4 heteroatoms. The van der Waals surface area contributed by atoms with Crippen molar-refractivity contribution in [2.24, 2.45) is 0 Å². The minimum Gasteiger partial charge on any atom is -0.345 e. The first kappa shape index (κ1) is 40.7. The molecule has 0 bridgehead atoms. The molecule has 3 nitrogen and oxygen atoms in total. The van der Waals surface area contributed by atoms with Crippen molar-refractivity contribution in [1.29, 1.82) is 0 Å². The second-order valence-electron chi connectivity index (χ2n) is 17.1. The standard InChI is InChI=1S/C57H59N3S/c1-5-7-9-20-36-57(37-21-10-8-6-2)51-38-42(3)28-32-49(51)50-33-29-47(39-52(50)57)59(44-24-16-12-17-25-44)48-31-35-54-56(41-48)61-55-40-46(58(4)43-22-14-11-15-23-43)30-34-53(55)60(54)45-26-18-13-19-27-45/h11-19,22-35,38-41H,5-10,20-21,36-37H2,1-4H3. The summed E-state index contributed by atoms with van der Waals surface area (Å²) in [5.74, 6) is 0. The maximum absolute atomic E-state index is 2.58. The molecule has 0 radical (unpaired) electrons. The molecule has 0 saturated heterocycles. The van der Waals surface area contributed by atoms with Gasteiger partial charge in [0.2, 0.25) is 0 Å². The molecule has 61 heavy (non-hydrogen) atoms. The largest absolute Gasteiger partial charge is 0.345 e. The van der Waals surface area contributed by atoms with Gasteiger partial charge in [-0.1, -0.05) is 161 Å². The molecule has 0 fully saturated rings. The van der Waals surface area contributed by atoms with Crippen molar-refractivity contribution in [3.63, 3.8) is 0 Å². The fourth-order valence-corrected chi connectivity index (χ4v) is 11.0. The van der Waals surface area contributed by atoms with Crippen molar-refractivity contribution in [1.82, 2.24) is 0 Å². The van der Waals surface area contributed by atoms with Crippen molar-refractivity contribution >= 4 is 57.3 Å². The number of unbranched alkanes of at least 4 members (excludes halogenated alkanes) is 6. The molecular weight excluding hydrogens is 759 g/mol. The first-order valence-corrected chi connectivity index (χ1v) is 23.5. The van der Waals surface area contributed by atoms with E-state index in [1.165, 1.54) is 119 Å². The molecule has 308 valence electrons. The number of nitrogens with zero attached hydrogens (tertiary/aromatic N) is 3. The monoisotopic (exact) mass is 817 g/mol. The summed E-state index contributed by atoms with van der Waals surface area (Å²) in [5, 5.41) is 0. The molecule has 0 atom stereocenters. The SMILES string of the molecule is CCCCCCC1(CCCCCC)c2cc(C)ccc2-c2ccc(N(c3ccccc3)c3ccc4c(c3)Sc3cc(N(C)c5ccccc5)ccc3N4c3ccccc3)cc21. The third kappa shape index (κ3) is 7.99. The quantitative estimate of drug-likeness (QED) is 0.0898. The number of anilines is 8. The van der Waals surface area contributed by atoms with Gasteiger partial charge in [-0.05, 0) is 127 Å². The second-order valence-corrected chi connectivity index (χ2v) is 18.2. The number of benzene rings is 7. The molecule has 0 amide bonds. The van der Waals surface area contributed by atoms with Gasteiger partial charge in [-0.3, -0.25) is 0 Å². The molecule has 7 aromatic carbocycles. The summed E-state index contributed by atoms with van der Waals surface area (Å²) in [6.07, 6.45) is 12.6. The number of hydrogen-bond donors (Lipinski definition) is 0. The Bertz CT molecular complexity index is 2570. The van der Waals surface area contributed by atoms with Crippen LogP contribution in [0.5, 0.6) is 0 Å². The van der Waals surface area contributed by atoms with Gasteiger partial charge in [-0.2, -0.15) is 0 Å². The lowest BCUT2D eigenvalue weighted by molar-refractivity contribution is 0.401. The zero-order chi connectivity index (χ0) is 41.8. The van der Waals surface area contributed by atoms with E-state index in [9.17, 15) is 0 Å². The first-order chi connectivity index (χ1) is 30.0. The minimum atomic E-state index is 0.00670. The van der Waals surface area contributed by atoms with Gasteiger partial charge in [0.1, 0.15) is 0 Å². The third-order valence-electron chi connectivity index (χ3n) is 13.1. The van der Waals surface area contributed by atoms with Crippen LogP contribution in [0.1, 0.15) is 94.7 Å². The predicted octanol–water partition coefficient (Wildman–Crippen LogP) is 17.4. The van der Waals surface area contributed by atoms with Crippen LogP contribution in [0.3, 0.4) is 0 Å². The summed E-state index contributed by atoms with van der Waals surface area (Å²) >= 11 is 1.87. The van der Waals surface area contributed by atoms with Crippen molar-refractivity contribution in [3.8, 4) is 11.1 Å². The number of aryl methyl sites for hydroxylation is 1. The molecule has 0 saturated carbocycles. The molecular formula is C57H59N3S. The van der Waals surface area contributed by atoms with Crippen molar-refractivity contribution in [2.45, 2.75) is 100 Å². The molecule has 2 aliphatic rings. The Morgan fingerprint density at radius 3 is 1.61 bits per heavy atom. The topological polar surface area (TPSA) is 9.72 Å². The average molecular weight is 818 g/mol. The molecule has 7 aromatic rings. The van der Waals surface area contributed by atoms with Crippen LogP contribution in [-0.4, -0.2) is 7.05 Å². The van der Waals surface area contributed by atoms with E-state index < -0.39 is 0 Å². The molecule has 0 unspecified atom stereocenters. The van der Waals surface area contributed by atoms with E-state index in [-0.39, 0.29) is 5.41 Å². The molecule has 1 aliphatic heterocycles. The van der Waals surface area contributed by atoms with E-state index >= 15 is 0 Å². The number of para-hydroxylation sites is 3. The van der Waals surface area contributed by atoms with Crippen LogP contribution < -0.4 is 14.7 Å². The van der Waals surface area contributed by atoms with Gasteiger partial charge in [0, 0.05) is 56.4 Å². The normalized spacial score (nSPS) is 13.3. The van der Waals surface area contributed by atoms with Gasteiger partial charge < -0.3 is 14.7 Å². The highest BCUT2D eigenvalue weighted by molar-refractivity contribution is 7.99. The highest BCUT2D eigenvalue weighted by Crippen LogP contribution is 2.57. The van der Waals surface area contributed by atoms with Crippen molar-refractivity contribution in [3.05, 3.63) is 180 Å². The predicted molar refractivity (Wildman–Crippen MR) is 263 cm³/mol. The maximum Gasteiger partial charge on any atom is 0.0603 e. The van der Waals surface area contributed by atoms with Crippen molar-refractivity contribution in [2.75, 3.05) is 21.7 Å². The Kier molecular flexibility index (Phi) is 12.1. The lowest BCUT2D eigenvalue weighted by atomic mass is 9.70. The van der Waals surface area contributed by atoms with Crippen LogP contribution in [0, 0.1) is 6.92 Å². The van der Waals surface area contributed by atoms with E-state index in [0.29, 0.717) is 0 Å². The van der Waals surface area contributed by atoms with E-state index in [4.69, 9.17) is 0 Å². The Morgan fingerprint density at radius 2 is 0.984 bits per heavy atom. The van der Waals surface area contributed by atoms with Crippen LogP contribution >= 0.6 is 11.8 Å². The highest BCUT2D eigenvalue weighted by atomic mass is 32.2. The van der Waals surface area contributed by atoms with Gasteiger partial charge in [0.05, 0.1) is 11.4 Å². The maximum atomic E-state index is 2.58. The lowest BCUT2D eigenvalue weighted by Crippen LogP contribution is -2.26. The number of fused-ring (bicyclic) bond motifs is 5. The van der Waals surface area contributed by atoms with Crippen LogP contribution in [-0.2, 0) is 5.41 Å². The van der Waals surface area contributed by atoms with E-state index in [1.54, 1.807) is 5.56 Å². The van der Waals surface area contributed by atoms with Crippen LogP contribution in [0.15, 0.2) is 174 Å². The molecule has 1 heterocycles. The Balaban J connectivity index is 1.17. The van der Waals surface area contributed by atoms with Crippen LogP contribution in [0.4, 0.5) is 45.5 Å². The summed E-state index contributed by atoms with van der Waals surface area (Å²) in [4.78, 5) is 9.68. The third-order valence-corrected chi connectivity index (χ3v) is 14.2. The van der Waals surface area contributed by atoms with Crippen LogP contribution in [0.25, 0.3) is 11.1 Å². The fourth-order valence-electron chi connectivity index (χ4n) is 9.92. The van der Waals surface area contributed by atoms with Gasteiger partial charge in [0.15, 0.2) is 0 Å². The Labute approximate surface area is 369 Å². The van der Waals surface area contributed by atoms with E-state index in [0.717, 1.165) is 22.7 Å². The number of rotatable bonds is 16. The number of hydrogen-bond acceptors (Lipinski definition) is 4. The molecule has 9 rings (SSSR count). The van der Waals surface area contributed by atoms with Gasteiger partial charge in [-0.25, -0.2) is 0 Å². The fraction of sp³-hybridized carbons (Fsp3) is 0.263. The average Bonchev–Trinajstić information content (AvgIpc) is 3.56. The molecule has 1 aliphatic carbocycles. The first-order valence-electron chi connectivity index (χ1n) is 22.7. The smallest absolute Gasteiger partial charge is 0.0603 e. The summed E-state index contributed by atoms with van der Waals surface area (Å²) < 4.78 is 0. The summed E-state index contributed by atoms with van der Waals surface area (Å²) in [6, 6.07) is 61.1. The summed E-state index contributed by atoms with van der Waals surface area (Å²) in [6.45, 7) is 6.93. The highest BCUT2D eigenvalue weighted by Gasteiger charge is 2.43. The van der Waals surface area contributed by atoms with E-state index in [1.807, 2.05) is 11.8 Å². The molecule has 0 spiro atoms. The molecule has 0 N–H and O–H groups in total. The lowest BCUT2D eigenvalue weighted by Gasteiger charge is -2.36. The molecule has 0 aromatic heterocycles. The zero-order valence-electron chi connectivity index (χ0n) is 36.4. The van der Waals surface area contributed by atoms with E-state index in [2.05, 4.69) is 206 Å². The zero-order valence-corrected chi connectivity index (χ0v) is 37.2. The Morgan fingerprint density at radius 1 is 0.475 bits per heavy atom. The second kappa shape index (κ2) is 18.1. The minimum absolute atomic E-state index is 0.00670. The van der Waals surface area contributed by atoms with Gasteiger partial charge in [-0.15, -0.1) is 0 Å².